The van der Waals surface area contributed by atoms with Gasteiger partial charge in [0.1, 0.15) is 0 Å². The third-order valence-corrected chi connectivity index (χ3v) is 3.08. The molecule has 0 aliphatic carbocycles. The van der Waals surface area contributed by atoms with Crippen LogP contribution in [0.25, 0.3) is 0 Å². The Kier molecular flexibility index (Phi) is 3.31. The van der Waals surface area contributed by atoms with Crippen LogP contribution in [-0.2, 0) is 0 Å². The Morgan fingerprint density at radius 2 is 1.94 bits per heavy atom. The average molecular weight is 234 g/mol. The van der Waals surface area contributed by atoms with E-state index in [-0.39, 0.29) is 24.4 Å². The predicted octanol–water partition coefficient (Wildman–Crippen LogP) is 3.19. The predicted molar refractivity (Wildman–Crippen MR) is 60.9 cm³/mol. The Morgan fingerprint density at radius 3 is 2.56 bits per heavy atom. The lowest BCUT2D eigenvalue weighted by atomic mass is 10.1. The molecule has 0 aliphatic rings. The first kappa shape index (κ1) is 10.8. The Bertz CT molecular complexity index is 422. The van der Waals surface area contributed by atoms with Crippen LogP contribution in [0.5, 0.6) is 0 Å². The van der Waals surface area contributed by atoms with Crippen LogP contribution in [0.4, 0.5) is 0 Å². The first-order valence-corrected chi connectivity index (χ1v) is 5.79. The number of Topliss-reactive ketones (excluding diaryl/α,β-unsaturated/α-hetero) is 2. The van der Waals surface area contributed by atoms with E-state index in [0.29, 0.717) is 10.6 Å². The highest BCUT2D eigenvalue weighted by atomic mass is 32.1. The second-order valence-electron chi connectivity index (χ2n) is 3.30. The first-order chi connectivity index (χ1) is 7.77. The molecule has 2 rings (SSSR count). The summed E-state index contributed by atoms with van der Waals surface area (Å²) in [6.45, 7) is 0. The lowest BCUT2D eigenvalue weighted by Crippen LogP contribution is -2.03. The number of carbonyl (C=O) groups excluding carboxylic acids is 2. The Balaban J connectivity index is 1.89. The Labute approximate surface area is 96.7 Å². The number of thiophene rings is 1. The van der Waals surface area contributed by atoms with Gasteiger partial charge in [-0.3, -0.25) is 9.59 Å². The minimum absolute atomic E-state index is 0.00917. The van der Waals surface area contributed by atoms with Gasteiger partial charge in [0.2, 0.25) is 0 Å². The van der Waals surface area contributed by atoms with Gasteiger partial charge in [-0.1, -0.05) is 6.07 Å². The summed E-state index contributed by atoms with van der Waals surface area (Å²) in [5.41, 5.74) is 0. The van der Waals surface area contributed by atoms with Gasteiger partial charge in [0, 0.05) is 12.8 Å². The van der Waals surface area contributed by atoms with Crippen molar-refractivity contribution in [1.29, 1.82) is 0 Å². The topological polar surface area (TPSA) is 47.3 Å². The van der Waals surface area contributed by atoms with Crippen LogP contribution >= 0.6 is 11.3 Å². The highest BCUT2D eigenvalue weighted by Gasteiger charge is 2.13. The smallest absolute Gasteiger partial charge is 0.198 e. The molecule has 2 aromatic rings. The first-order valence-electron chi connectivity index (χ1n) is 4.91. The average Bonchev–Trinajstić information content (AvgIpc) is 2.95. The van der Waals surface area contributed by atoms with Gasteiger partial charge in [0.15, 0.2) is 17.3 Å². The monoisotopic (exact) mass is 234 g/mol. The van der Waals surface area contributed by atoms with Crippen LogP contribution in [0.3, 0.4) is 0 Å². The van der Waals surface area contributed by atoms with Crippen molar-refractivity contribution in [1.82, 2.24) is 0 Å². The lowest BCUT2D eigenvalue weighted by molar-refractivity contribution is 0.0904. The van der Waals surface area contributed by atoms with Crippen molar-refractivity contribution in [3.63, 3.8) is 0 Å². The molecule has 3 nitrogen and oxygen atoms in total. The van der Waals surface area contributed by atoms with Crippen LogP contribution in [0, 0.1) is 0 Å². The molecule has 0 amide bonds. The van der Waals surface area contributed by atoms with Crippen molar-refractivity contribution in [2.45, 2.75) is 12.8 Å². The molecule has 0 unspecified atom stereocenters. The second-order valence-corrected chi connectivity index (χ2v) is 4.25. The third-order valence-electron chi connectivity index (χ3n) is 2.17. The molecule has 82 valence electrons. The summed E-state index contributed by atoms with van der Waals surface area (Å²) in [6, 6.07) is 6.86. The molecule has 0 fully saturated rings. The van der Waals surface area contributed by atoms with Gasteiger partial charge in [-0.25, -0.2) is 0 Å². The van der Waals surface area contributed by atoms with E-state index in [0.717, 1.165) is 0 Å². The number of ketones is 2. The van der Waals surface area contributed by atoms with Crippen molar-refractivity contribution >= 4 is 22.9 Å². The van der Waals surface area contributed by atoms with Crippen LogP contribution in [0.1, 0.15) is 33.1 Å². The van der Waals surface area contributed by atoms with Crippen LogP contribution in [0.2, 0.25) is 0 Å². The Hall–Kier alpha value is -1.68. The summed E-state index contributed by atoms with van der Waals surface area (Å²) in [5.74, 6) is 0.198. The molecule has 2 heterocycles. The van der Waals surface area contributed by atoms with E-state index in [1.54, 1.807) is 18.2 Å². The van der Waals surface area contributed by atoms with Crippen LogP contribution < -0.4 is 0 Å². The fraction of sp³-hybridized carbons (Fsp3) is 0.167. The van der Waals surface area contributed by atoms with Crippen LogP contribution in [-0.4, -0.2) is 11.6 Å². The zero-order valence-electron chi connectivity index (χ0n) is 8.51. The summed E-state index contributed by atoms with van der Waals surface area (Å²) in [5, 5.41) is 1.85. The molecule has 0 atom stereocenters. The van der Waals surface area contributed by atoms with E-state index in [2.05, 4.69) is 0 Å². The fourth-order valence-corrected chi connectivity index (χ4v) is 2.04. The van der Waals surface area contributed by atoms with Gasteiger partial charge in [0.05, 0.1) is 11.1 Å². The molecular formula is C12H10O3S. The maximum atomic E-state index is 11.6. The number of rotatable bonds is 5. The fourth-order valence-electron chi connectivity index (χ4n) is 1.35. The van der Waals surface area contributed by atoms with Gasteiger partial charge in [0.25, 0.3) is 0 Å². The van der Waals surface area contributed by atoms with Gasteiger partial charge >= 0.3 is 0 Å². The van der Waals surface area contributed by atoms with E-state index < -0.39 is 0 Å². The number of hydrogen-bond acceptors (Lipinski definition) is 4. The molecule has 0 N–H and O–H groups in total. The zero-order chi connectivity index (χ0) is 11.4. The SMILES string of the molecule is O=C(CCC(=O)c1cccs1)c1ccco1. The lowest BCUT2D eigenvalue weighted by Gasteiger charge is -1.96. The van der Waals surface area contributed by atoms with E-state index in [9.17, 15) is 9.59 Å². The van der Waals surface area contributed by atoms with Crippen molar-refractivity contribution in [3.8, 4) is 0 Å². The minimum Gasteiger partial charge on any atom is -0.461 e. The highest BCUT2D eigenvalue weighted by molar-refractivity contribution is 7.12. The number of furan rings is 1. The maximum Gasteiger partial charge on any atom is 0.198 e. The van der Waals surface area contributed by atoms with E-state index in [1.165, 1.54) is 17.6 Å². The second kappa shape index (κ2) is 4.90. The molecule has 0 spiro atoms. The van der Waals surface area contributed by atoms with Crippen molar-refractivity contribution in [2.24, 2.45) is 0 Å². The summed E-state index contributed by atoms with van der Waals surface area (Å²) in [4.78, 5) is 23.8. The van der Waals surface area contributed by atoms with Crippen molar-refractivity contribution < 1.29 is 14.0 Å². The molecule has 0 radical (unpaired) electrons. The quantitative estimate of drug-likeness (QED) is 0.746. The molecular weight excluding hydrogens is 224 g/mol. The normalized spacial score (nSPS) is 10.2. The highest BCUT2D eigenvalue weighted by Crippen LogP contribution is 2.14. The van der Waals surface area contributed by atoms with Crippen LogP contribution in [0.15, 0.2) is 40.3 Å². The van der Waals surface area contributed by atoms with Crippen molar-refractivity contribution in [3.05, 3.63) is 46.5 Å². The standard InChI is InChI=1S/C12H10O3S/c13-9(11-3-1-7-15-11)5-6-10(14)12-4-2-8-16-12/h1-4,7-8H,5-6H2. The van der Waals surface area contributed by atoms with E-state index in [4.69, 9.17) is 4.42 Å². The molecule has 0 aliphatic heterocycles. The molecule has 0 saturated heterocycles. The van der Waals surface area contributed by atoms with Gasteiger partial charge in [-0.05, 0) is 23.6 Å². The van der Waals surface area contributed by atoms with E-state index in [1.807, 2.05) is 11.4 Å². The minimum atomic E-state index is -0.130. The molecule has 16 heavy (non-hydrogen) atoms. The van der Waals surface area contributed by atoms with Gasteiger partial charge in [-0.2, -0.15) is 0 Å². The summed E-state index contributed by atoms with van der Waals surface area (Å²) in [7, 11) is 0. The maximum absolute atomic E-state index is 11.6. The number of carbonyl (C=O) groups is 2. The molecule has 0 saturated carbocycles. The summed E-state index contributed by atoms with van der Waals surface area (Å²) >= 11 is 1.40. The van der Waals surface area contributed by atoms with Gasteiger partial charge < -0.3 is 4.42 Å². The van der Waals surface area contributed by atoms with Crippen molar-refractivity contribution in [2.75, 3.05) is 0 Å². The van der Waals surface area contributed by atoms with Gasteiger partial charge in [-0.15, -0.1) is 11.3 Å². The largest absolute Gasteiger partial charge is 0.461 e. The Morgan fingerprint density at radius 1 is 1.12 bits per heavy atom. The van der Waals surface area contributed by atoms with E-state index >= 15 is 0 Å². The molecule has 0 aromatic carbocycles. The third kappa shape index (κ3) is 2.46. The number of hydrogen-bond donors (Lipinski definition) is 0. The molecule has 4 heteroatoms. The molecule has 0 bridgehead atoms. The zero-order valence-corrected chi connectivity index (χ0v) is 9.33. The molecule has 2 aromatic heterocycles. The summed E-state index contributed by atoms with van der Waals surface area (Å²) in [6.07, 6.45) is 1.89. The summed E-state index contributed by atoms with van der Waals surface area (Å²) < 4.78 is 4.96.